The van der Waals surface area contributed by atoms with Crippen molar-refractivity contribution in [1.29, 1.82) is 0 Å². The summed E-state index contributed by atoms with van der Waals surface area (Å²) in [6.45, 7) is 6.63. The number of benzene rings is 2. The summed E-state index contributed by atoms with van der Waals surface area (Å²) in [6.07, 6.45) is 0. The lowest BCUT2D eigenvalue weighted by atomic mass is 10.1. The molecule has 1 amide bonds. The van der Waals surface area contributed by atoms with Gasteiger partial charge in [-0.2, -0.15) is 0 Å². The Balaban J connectivity index is 1.53. The number of aromatic amines is 1. The van der Waals surface area contributed by atoms with E-state index in [1.165, 1.54) is 21.5 Å². The molecule has 1 N–H and O–H groups in total. The van der Waals surface area contributed by atoms with Crippen molar-refractivity contribution in [3.05, 3.63) is 69.7 Å². The Labute approximate surface area is 174 Å². The zero-order chi connectivity index (χ0) is 21.3. The SMILES string of the molecule is COc1ccc(-[n+]2[nH]oc(=O)c2C(=O)N2CCN(c3cc(C)ccc3C)CC2)cc1. The molecule has 0 aliphatic carbocycles. The highest BCUT2D eigenvalue weighted by molar-refractivity contribution is 5.90. The van der Waals surface area contributed by atoms with Crippen LogP contribution in [0.25, 0.3) is 5.69 Å². The number of carbonyl (C=O) groups excluding carboxylic acids is 1. The van der Waals surface area contributed by atoms with Crippen LogP contribution >= 0.6 is 0 Å². The first-order valence-electron chi connectivity index (χ1n) is 9.87. The second kappa shape index (κ2) is 8.06. The number of H-pyrrole nitrogens is 1. The maximum atomic E-state index is 13.1. The highest BCUT2D eigenvalue weighted by atomic mass is 16.5. The maximum absolute atomic E-state index is 13.1. The maximum Gasteiger partial charge on any atom is 0.441 e. The zero-order valence-corrected chi connectivity index (χ0v) is 17.3. The third-order valence-electron chi connectivity index (χ3n) is 5.45. The molecule has 30 heavy (non-hydrogen) atoms. The number of aromatic nitrogens is 2. The molecular formula is C22H25N4O4+. The van der Waals surface area contributed by atoms with Crippen LogP contribution in [0.2, 0.25) is 0 Å². The summed E-state index contributed by atoms with van der Waals surface area (Å²) in [4.78, 5) is 29.4. The molecule has 1 aliphatic heterocycles. The van der Waals surface area contributed by atoms with Crippen molar-refractivity contribution in [2.75, 3.05) is 38.2 Å². The van der Waals surface area contributed by atoms with E-state index in [0.717, 1.165) is 0 Å². The van der Waals surface area contributed by atoms with Crippen molar-refractivity contribution in [1.82, 2.24) is 10.2 Å². The van der Waals surface area contributed by atoms with E-state index in [9.17, 15) is 9.59 Å². The minimum absolute atomic E-state index is 0.0413. The normalized spacial score (nSPS) is 14.1. The van der Waals surface area contributed by atoms with Gasteiger partial charge in [-0.25, -0.2) is 4.79 Å². The lowest BCUT2D eigenvalue weighted by molar-refractivity contribution is -0.672. The van der Waals surface area contributed by atoms with Gasteiger partial charge in [-0.1, -0.05) is 12.1 Å². The lowest BCUT2D eigenvalue weighted by Crippen LogP contribution is -2.53. The number of piperazine rings is 1. The lowest BCUT2D eigenvalue weighted by Gasteiger charge is -2.36. The Morgan fingerprint density at radius 2 is 1.77 bits per heavy atom. The topological polar surface area (TPSA) is 82.7 Å². The molecule has 2 heterocycles. The minimum atomic E-state index is -0.687. The van der Waals surface area contributed by atoms with Crippen LogP contribution in [-0.4, -0.2) is 49.4 Å². The molecule has 0 atom stereocenters. The van der Waals surface area contributed by atoms with Crippen LogP contribution in [-0.2, 0) is 0 Å². The molecule has 1 aromatic heterocycles. The van der Waals surface area contributed by atoms with Gasteiger partial charge < -0.3 is 14.5 Å². The molecular weight excluding hydrogens is 384 g/mol. The van der Waals surface area contributed by atoms with E-state index in [2.05, 4.69) is 42.2 Å². The number of rotatable bonds is 4. The van der Waals surface area contributed by atoms with E-state index >= 15 is 0 Å². The predicted octanol–water partition coefficient (Wildman–Crippen LogP) is 1.83. The zero-order valence-electron chi connectivity index (χ0n) is 17.3. The van der Waals surface area contributed by atoms with Crippen molar-refractivity contribution in [3.63, 3.8) is 0 Å². The summed E-state index contributed by atoms with van der Waals surface area (Å²) in [6, 6.07) is 13.4. The molecule has 8 heteroatoms. The molecule has 0 bridgehead atoms. The molecule has 0 radical (unpaired) electrons. The van der Waals surface area contributed by atoms with Crippen LogP contribution in [0.3, 0.4) is 0 Å². The number of hydrogen-bond donors (Lipinski definition) is 1. The third kappa shape index (κ3) is 3.68. The van der Waals surface area contributed by atoms with Crippen molar-refractivity contribution in [3.8, 4) is 11.4 Å². The van der Waals surface area contributed by atoms with Gasteiger partial charge in [0.15, 0.2) is 0 Å². The summed E-state index contributed by atoms with van der Waals surface area (Å²) in [5.74, 6) is 0.335. The molecule has 3 aromatic rings. The molecule has 8 nitrogen and oxygen atoms in total. The van der Waals surface area contributed by atoms with Gasteiger partial charge in [0.05, 0.1) is 7.11 Å². The molecule has 1 saturated heterocycles. The summed E-state index contributed by atoms with van der Waals surface area (Å²) in [5.41, 5.74) is 3.49. The predicted molar refractivity (Wildman–Crippen MR) is 111 cm³/mol. The standard InChI is InChI=1S/C22H24N4O4/c1-15-4-5-16(2)19(14-15)24-10-12-25(13-11-24)21(27)20-22(28)30-23-26(20)17-6-8-18(29-3)9-7-17/h4-9,14H,10-13H2,1-3H3/p+1. The molecule has 0 saturated carbocycles. The molecule has 0 unspecified atom stereocenters. The third-order valence-corrected chi connectivity index (χ3v) is 5.45. The Kier molecular flexibility index (Phi) is 5.31. The number of aryl methyl sites for hydroxylation is 2. The van der Waals surface area contributed by atoms with Crippen molar-refractivity contribution >= 4 is 11.6 Å². The number of amides is 1. The number of nitrogens with one attached hydrogen (secondary N) is 1. The Morgan fingerprint density at radius 3 is 2.43 bits per heavy atom. The van der Waals surface area contributed by atoms with E-state index in [0.29, 0.717) is 37.6 Å². The summed E-state index contributed by atoms with van der Waals surface area (Å²) < 4.78 is 11.5. The number of anilines is 1. The van der Waals surface area contributed by atoms with Crippen LogP contribution in [0.5, 0.6) is 5.75 Å². The second-order valence-corrected chi connectivity index (χ2v) is 7.43. The molecule has 2 aromatic carbocycles. The minimum Gasteiger partial charge on any atom is -0.497 e. The largest absolute Gasteiger partial charge is 0.497 e. The highest BCUT2D eigenvalue weighted by Crippen LogP contribution is 2.23. The average molecular weight is 409 g/mol. The van der Waals surface area contributed by atoms with Gasteiger partial charge in [-0.3, -0.25) is 9.32 Å². The van der Waals surface area contributed by atoms with Crippen LogP contribution in [0.4, 0.5) is 5.69 Å². The fourth-order valence-electron chi connectivity index (χ4n) is 3.73. The van der Waals surface area contributed by atoms with Gasteiger partial charge in [0, 0.05) is 44.0 Å². The number of ether oxygens (including phenoxy) is 1. The van der Waals surface area contributed by atoms with Crippen LogP contribution in [0.1, 0.15) is 21.6 Å². The Bertz CT molecular complexity index is 1110. The van der Waals surface area contributed by atoms with Crippen LogP contribution < -0.4 is 19.9 Å². The van der Waals surface area contributed by atoms with Crippen molar-refractivity contribution in [2.45, 2.75) is 13.8 Å². The number of methoxy groups -OCH3 is 1. The highest BCUT2D eigenvalue weighted by Gasteiger charge is 2.35. The van der Waals surface area contributed by atoms with E-state index in [1.807, 2.05) is 0 Å². The van der Waals surface area contributed by atoms with Gasteiger partial charge >= 0.3 is 17.2 Å². The van der Waals surface area contributed by atoms with E-state index in [-0.39, 0.29) is 11.6 Å². The van der Waals surface area contributed by atoms with Gasteiger partial charge in [-0.05, 0) is 53.1 Å². The first kappa shape index (κ1) is 19.8. The van der Waals surface area contributed by atoms with Gasteiger partial charge in [0.2, 0.25) is 5.69 Å². The average Bonchev–Trinajstić information content (AvgIpc) is 3.16. The Hall–Kier alpha value is -3.55. The first-order valence-corrected chi connectivity index (χ1v) is 9.87. The van der Waals surface area contributed by atoms with Crippen molar-refractivity contribution in [2.24, 2.45) is 0 Å². The molecule has 1 fully saturated rings. The van der Waals surface area contributed by atoms with Gasteiger partial charge in [0.25, 0.3) is 0 Å². The van der Waals surface area contributed by atoms with Gasteiger partial charge in [-0.15, -0.1) is 0 Å². The molecule has 4 rings (SSSR count). The van der Waals surface area contributed by atoms with Crippen molar-refractivity contribution < 1.29 is 18.7 Å². The van der Waals surface area contributed by atoms with E-state index in [4.69, 9.17) is 9.26 Å². The van der Waals surface area contributed by atoms with E-state index < -0.39 is 5.63 Å². The second-order valence-electron chi connectivity index (χ2n) is 7.43. The van der Waals surface area contributed by atoms with E-state index in [1.54, 1.807) is 36.3 Å². The Morgan fingerprint density at radius 1 is 1.07 bits per heavy atom. The summed E-state index contributed by atoms with van der Waals surface area (Å²) in [5, 5.41) is 2.53. The monoisotopic (exact) mass is 409 g/mol. The molecule has 1 aliphatic rings. The van der Waals surface area contributed by atoms with Gasteiger partial charge in [0.1, 0.15) is 5.75 Å². The number of carbonyl (C=O) groups is 1. The van der Waals surface area contributed by atoms with Crippen LogP contribution in [0.15, 0.2) is 51.8 Å². The quantitative estimate of drug-likeness (QED) is 0.665. The molecule has 156 valence electrons. The fourth-order valence-corrected chi connectivity index (χ4v) is 3.73. The molecule has 0 spiro atoms. The smallest absolute Gasteiger partial charge is 0.441 e. The fraction of sp³-hybridized carbons (Fsp3) is 0.318. The number of nitrogens with zero attached hydrogens (tertiary/aromatic N) is 3. The summed E-state index contributed by atoms with van der Waals surface area (Å²) in [7, 11) is 1.58. The number of hydrogen-bond acceptors (Lipinski definition) is 5. The first-order chi connectivity index (χ1) is 14.5. The van der Waals surface area contributed by atoms with Crippen LogP contribution in [0, 0.1) is 13.8 Å². The summed E-state index contributed by atoms with van der Waals surface area (Å²) >= 11 is 0.